The van der Waals surface area contributed by atoms with Gasteiger partial charge in [0.25, 0.3) is 0 Å². The molecule has 1 saturated heterocycles. The summed E-state index contributed by atoms with van der Waals surface area (Å²) in [6.45, 7) is 11.4. The average Bonchev–Trinajstić information content (AvgIpc) is 3.84. The molecule has 58 heavy (non-hydrogen) atoms. The predicted octanol–water partition coefficient (Wildman–Crippen LogP) is 5.50. The number of likely N-dealkylation sites (tertiary alicyclic amines) is 1. The molecule has 312 valence electrons. The van der Waals surface area contributed by atoms with Crippen molar-refractivity contribution in [3.8, 4) is 22.9 Å². The second kappa shape index (κ2) is 16.3. The Morgan fingerprint density at radius 1 is 1.03 bits per heavy atom. The van der Waals surface area contributed by atoms with E-state index in [-0.39, 0.29) is 37.6 Å². The number of carbonyl (C=O) groups is 5. The van der Waals surface area contributed by atoms with Crippen LogP contribution < -0.4 is 25.4 Å². The fraction of sp³-hybridized carbons (Fsp3) is 0.595. The second-order valence-electron chi connectivity index (χ2n) is 17.4. The van der Waals surface area contributed by atoms with E-state index in [1.54, 1.807) is 24.3 Å². The van der Waals surface area contributed by atoms with Gasteiger partial charge in [0.2, 0.25) is 11.8 Å². The molecule has 3 saturated carbocycles. The van der Waals surface area contributed by atoms with E-state index in [0.717, 1.165) is 18.0 Å². The molecule has 4 aliphatic rings. The van der Waals surface area contributed by atoms with Crippen LogP contribution in [0.15, 0.2) is 29.6 Å². The number of ether oxygens (including phenoxy) is 4. The van der Waals surface area contributed by atoms with Gasteiger partial charge in [0.1, 0.15) is 53.6 Å². The lowest BCUT2D eigenvalue weighted by Gasteiger charge is -2.35. The average molecular weight is 819 g/mol. The molecule has 2 aromatic heterocycles. The number of carbonyl (C=O) groups excluding carboxylic acids is 5. The van der Waals surface area contributed by atoms with Gasteiger partial charge in [-0.25, -0.2) is 19.6 Å². The number of hydrogen-bond donors (Lipinski definition) is 3. The number of aromatic nitrogens is 2. The summed E-state index contributed by atoms with van der Waals surface area (Å²) in [5.74, 6) is 0.491. The van der Waals surface area contributed by atoms with Gasteiger partial charge in [-0.3, -0.25) is 14.4 Å². The number of rotatable bonds is 15. The smallest absolute Gasteiger partial charge is 0.408 e. The summed E-state index contributed by atoms with van der Waals surface area (Å²) in [5.41, 5.74) is -0.280. The minimum atomic E-state index is -1.18. The zero-order valence-electron chi connectivity index (χ0n) is 34.2. The monoisotopic (exact) mass is 818 g/mol. The molecule has 3 aliphatic carbocycles. The predicted molar refractivity (Wildman–Crippen MR) is 216 cm³/mol. The molecule has 3 N–H and O–H groups in total. The number of nitrogens with zero attached hydrogens (tertiary/aromatic N) is 3. The fourth-order valence-corrected chi connectivity index (χ4v) is 9.37. The van der Waals surface area contributed by atoms with Crippen molar-refractivity contribution >= 4 is 57.5 Å². The number of esters is 1. The van der Waals surface area contributed by atoms with Crippen LogP contribution in [-0.2, 0) is 28.7 Å². The first-order valence-corrected chi connectivity index (χ1v) is 21.1. The lowest BCUT2D eigenvalue weighted by Crippen LogP contribution is -2.59. The summed E-state index contributed by atoms with van der Waals surface area (Å²) < 4.78 is 23.2. The molecule has 3 heterocycles. The van der Waals surface area contributed by atoms with Gasteiger partial charge in [-0.05, 0) is 74.8 Å². The number of pyridine rings is 1. The summed E-state index contributed by atoms with van der Waals surface area (Å²) in [5, 5.41) is 12.4. The molecule has 7 rings (SSSR count). The lowest BCUT2D eigenvalue weighted by atomic mass is 9.85. The molecule has 8 atom stereocenters. The van der Waals surface area contributed by atoms with Crippen molar-refractivity contribution in [3.05, 3.63) is 29.6 Å². The molecule has 0 spiro atoms. The Morgan fingerprint density at radius 2 is 1.79 bits per heavy atom. The Hall–Kier alpha value is -4.99. The van der Waals surface area contributed by atoms with Crippen LogP contribution in [-0.4, -0.2) is 101 Å². The fourth-order valence-electron chi connectivity index (χ4n) is 8.52. The van der Waals surface area contributed by atoms with Crippen LogP contribution >= 0.6 is 11.3 Å². The molecule has 15 nitrogen and oxygen atoms in total. The first-order valence-electron chi connectivity index (χ1n) is 20.2. The number of alkyl carbamates (subject to hydrolysis) is 1. The summed E-state index contributed by atoms with van der Waals surface area (Å²) in [7, 11) is 1.29. The summed E-state index contributed by atoms with van der Waals surface area (Å²) in [6, 6.07) is 5.09. The summed E-state index contributed by atoms with van der Waals surface area (Å²) >= 11 is 1.45. The van der Waals surface area contributed by atoms with Crippen molar-refractivity contribution in [1.82, 2.24) is 25.5 Å². The van der Waals surface area contributed by atoms with Gasteiger partial charge in [0.05, 0.1) is 24.9 Å². The van der Waals surface area contributed by atoms with Gasteiger partial charge in [-0.2, -0.15) is 0 Å². The van der Waals surface area contributed by atoms with Crippen LogP contribution in [0.4, 0.5) is 9.93 Å². The number of benzene rings is 1. The second-order valence-corrected chi connectivity index (χ2v) is 18.3. The third kappa shape index (κ3) is 8.71. The van der Waals surface area contributed by atoms with Crippen molar-refractivity contribution in [2.24, 2.45) is 23.2 Å². The van der Waals surface area contributed by atoms with Gasteiger partial charge in [-0.15, -0.1) is 11.3 Å². The van der Waals surface area contributed by atoms with Crippen LogP contribution in [0.1, 0.15) is 80.1 Å². The number of thiazole rings is 1. The largest absolute Gasteiger partial charge is 0.488 e. The SMILES string of the molecule is CC[C@@H]1C[C@]1(NC(=O)[C@@H]1C[C@@H](Oc2cc(-c3csc(NC(C)C)n3)nc3cc(OCC=O)ccc23)CN1C(=O)[C@@H](NC(=O)O[C@@H]1C[C@@H]2C[C@@H]2C1)C(C)(C)C)C(=O)OC. The molecule has 0 radical (unpaired) electrons. The number of anilines is 1. The topological polar surface area (TPSA) is 187 Å². The van der Waals surface area contributed by atoms with Gasteiger partial charge in [-0.1, -0.05) is 34.1 Å². The molecular formula is C42H54N6O9S. The first kappa shape index (κ1) is 41.2. The summed E-state index contributed by atoms with van der Waals surface area (Å²) in [4.78, 5) is 77.6. The highest BCUT2D eigenvalue weighted by Gasteiger charge is 2.62. The zero-order chi connectivity index (χ0) is 41.5. The molecule has 1 aromatic carbocycles. The number of amides is 3. The van der Waals surface area contributed by atoms with Crippen LogP contribution in [0.25, 0.3) is 22.3 Å². The molecule has 4 fully saturated rings. The van der Waals surface area contributed by atoms with Gasteiger partial charge < -0.3 is 39.8 Å². The first-order chi connectivity index (χ1) is 27.6. The van der Waals surface area contributed by atoms with E-state index < -0.39 is 53.0 Å². The van der Waals surface area contributed by atoms with E-state index in [4.69, 9.17) is 28.9 Å². The highest BCUT2D eigenvalue weighted by atomic mass is 32.1. The van der Waals surface area contributed by atoms with E-state index in [0.29, 0.717) is 64.8 Å². The van der Waals surface area contributed by atoms with Gasteiger partial charge >= 0.3 is 12.1 Å². The number of nitrogens with one attached hydrogen (secondary N) is 3. The van der Waals surface area contributed by atoms with Crippen LogP contribution in [0.3, 0.4) is 0 Å². The van der Waals surface area contributed by atoms with E-state index in [1.165, 1.54) is 29.8 Å². The van der Waals surface area contributed by atoms with Crippen molar-refractivity contribution in [3.63, 3.8) is 0 Å². The lowest BCUT2D eigenvalue weighted by molar-refractivity contribution is -0.148. The Morgan fingerprint density at radius 3 is 2.45 bits per heavy atom. The molecular weight excluding hydrogens is 765 g/mol. The molecule has 16 heteroatoms. The quantitative estimate of drug-likeness (QED) is 0.129. The summed E-state index contributed by atoms with van der Waals surface area (Å²) in [6.07, 6.45) is 3.15. The Balaban J connectivity index is 1.20. The Bertz CT molecular complexity index is 2060. The van der Waals surface area contributed by atoms with Crippen molar-refractivity contribution < 1.29 is 42.9 Å². The van der Waals surface area contributed by atoms with Crippen molar-refractivity contribution in [2.75, 3.05) is 25.6 Å². The van der Waals surface area contributed by atoms with Crippen molar-refractivity contribution in [2.45, 2.75) is 116 Å². The van der Waals surface area contributed by atoms with Gasteiger partial charge in [0, 0.05) is 35.4 Å². The maximum absolute atomic E-state index is 14.7. The molecule has 3 aromatic rings. The highest BCUT2D eigenvalue weighted by Crippen LogP contribution is 2.52. The third-order valence-electron chi connectivity index (χ3n) is 11.7. The maximum atomic E-state index is 14.7. The van der Waals surface area contributed by atoms with E-state index >= 15 is 0 Å². The number of aldehydes is 1. The van der Waals surface area contributed by atoms with E-state index in [1.807, 2.05) is 46.9 Å². The molecule has 1 aliphatic heterocycles. The Kier molecular flexibility index (Phi) is 11.6. The highest BCUT2D eigenvalue weighted by molar-refractivity contribution is 7.14. The number of fused-ring (bicyclic) bond motifs is 2. The van der Waals surface area contributed by atoms with Crippen LogP contribution in [0.2, 0.25) is 0 Å². The number of hydrogen-bond acceptors (Lipinski definition) is 13. The maximum Gasteiger partial charge on any atom is 0.408 e. The Labute approximate surface area is 342 Å². The van der Waals surface area contributed by atoms with Crippen LogP contribution in [0.5, 0.6) is 11.5 Å². The third-order valence-corrected chi connectivity index (χ3v) is 12.5. The molecule has 0 bridgehead atoms. The van der Waals surface area contributed by atoms with E-state index in [2.05, 4.69) is 16.0 Å². The standard InChI is InChI=1S/C42H54N6O9S/c1-8-25-19-42(25,38(52)54-7)47-36(50)33-17-28(20-48(33)37(51)35(41(4,5)6)46-40(53)57-27-14-23-13-24(23)15-27)56-34-18-31(32-21-58-39(45-32)43-22(2)3)44-30-16-26(55-12-11-49)9-10-29(30)34/h9-11,16,18,21-25,27-28,33,35H,8,12-15,17,19-20H2,1-7H3,(H,43,45)(H,46,53)(H,47,50)/t23-,24+,25-,27+,28-,33+,35-,42-/m1/s1. The molecule has 3 amide bonds. The van der Waals surface area contributed by atoms with Crippen molar-refractivity contribution in [1.29, 1.82) is 0 Å². The van der Waals surface area contributed by atoms with Gasteiger partial charge in [0.15, 0.2) is 11.4 Å². The normalized spacial score (nSPS) is 26.4. The zero-order valence-corrected chi connectivity index (χ0v) is 35.0. The van der Waals surface area contributed by atoms with Crippen LogP contribution in [0, 0.1) is 23.2 Å². The van der Waals surface area contributed by atoms with E-state index in [9.17, 15) is 24.0 Å². The number of methoxy groups -OCH3 is 1. The molecule has 0 unspecified atom stereocenters. The minimum absolute atomic E-state index is 0.00742. The minimum Gasteiger partial charge on any atom is -0.488 e.